The van der Waals surface area contributed by atoms with Crippen molar-refractivity contribution in [3.8, 4) is 0 Å². The van der Waals surface area contributed by atoms with Crippen molar-refractivity contribution in [1.82, 2.24) is 4.57 Å². The number of aryl methyl sites for hydroxylation is 1. The molecular weight excluding hydrogens is 284 g/mol. The van der Waals surface area contributed by atoms with Crippen LogP contribution in [0.4, 0.5) is 5.82 Å². The first-order chi connectivity index (χ1) is 10.0. The molecule has 0 saturated carbocycles. The van der Waals surface area contributed by atoms with Gasteiger partial charge in [-0.25, -0.2) is 8.42 Å². The Labute approximate surface area is 127 Å². The highest BCUT2D eigenvalue weighted by Gasteiger charge is 2.23. The lowest BCUT2D eigenvalue weighted by molar-refractivity contribution is 0.585. The van der Waals surface area contributed by atoms with Gasteiger partial charge in [0.15, 0.2) is 0 Å². The number of hydrogen-bond donors (Lipinski definition) is 0. The normalized spacial score (nSPS) is 11.5. The third-order valence-corrected chi connectivity index (χ3v) is 5.22. The summed E-state index contributed by atoms with van der Waals surface area (Å²) in [6, 6.07) is 13.4. The van der Waals surface area contributed by atoms with Crippen LogP contribution in [0.2, 0.25) is 0 Å². The van der Waals surface area contributed by atoms with Gasteiger partial charge in [0.25, 0.3) is 0 Å². The van der Waals surface area contributed by atoms with Gasteiger partial charge in [-0.15, -0.1) is 0 Å². The number of benzene rings is 1. The van der Waals surface area contributed by atoms with E-state index in [9.17, 15) is 8.42 Å². The Bertz CT molecular complexity index is 663. The molecule has 0 N–H and O–H groups in total. The molecule has 0 fully saturated rings. The monoisotopic (exact) mass is 306 g/mol. The van der Waals surface area contributed by atoms with Gasteiger partial charge in [-0.1, -0.05) is 43.7 Å². The third kappa shape index (κ3) is 3.88. The number of nitrogens with zero attached hydrogens (tertiary/aromatic N) is 2. The zero-order chi connectivity index (χ0) is 15.3. The lowest BCUT2D eigenvalue weighted by Crippen LogP contribution is -2.33. The highest BCUT2D eigenvalue weighted by molar-refractivity contribution is 7.92. The summed E-state index contributed by atoms with van der Waals surface area (Å²) in [7, 11) is -1.45. The van der Waals surface area contributed by atoms with Crippen LogP contribution in [0.3, 0.4) is 0 Å². The van der Waals surface area contributed by atoms with E-state index in [1.165, 1.54) is 4.31 Å². The van der Waals surface area contributed by atoms with Crippen molar-refractivity contribution in [3.63, 3.8) is 0 Å². The minimum absolute atomic E-state index is 0.182. The van der Waals surface area contributed by atoms with Crippen LogP contribution in [0, 0.1) is 0 Å². The Kier molecular flexibility index (Phi) is 5.07. The van der Waals surface area contributed by atoms with E-state index in [-0.39, 0.29) is 5.75 Å². The number of aromatic nitrogens is 1. The van der Waals surface area contributed by atoms with Crippen molar-refractivity contribution in [3.05, 3.63) is 54.2 Å². The molecule has 0 bridgehead atoms. The van der Waals surface area contributed by atoms with Crippen LogP contribution in [0.1, 0.15) is 25.3 Å². The smallest absolute Gasteiger partial charge is 0.236 e. The number of unbranched alkanes of at least 4 members (excludes halogenated alkanes) is 1. The van der Waals surface area contributed by atoms with Crippen molar-refractivity contribution in [2.45, 2.75) is 26.3 Å². The van der Waals surface area contributed by atoms with E-state index in [1.54, 1.807) is 0 Å². The Morgan fingerprint density at radius 3 is 2.38 bits per heavy atom. The number of anilines is 1. The molecule has 0 atom stereocenters. The predicted octanol–water partition coefficient (Wildman–Crippen LogP) is 3.16. The van der Waals surface area contributed by atoms with Crippen LogP contribution in [-0.4, -0.2) is 18.7 Å². The van der Waals surface area contributed by atoms with E-state index in [2.05, 4.69) is 0 Å². The highest BCUT2D eigenvalue weighted by atomic mass is 32.2. The first-order valence-electron chi connectivity index (χ1n) is 7.20. The van der Waals surface area contributed by atoms with E-state index in [0.29, 0.717) is 18.8 Å². The zero-order valence-electron chi connectivity index (χ0n) is 12.6. The molecular formula is C16H22N2O2S. The SMILES string of the molecule is CCCCS(=O)(=O)N(Cc1ccccc1)c1cccn1C. The number of hydrogen-bond acceptors (Lipinski definition) is 2. The molecule has 2 rings (SSSR count). The van der Waals surface area contributed by atoms with Gasteiger partial charge in [-0.2, -0.15) is 0 Å². The summed E-state index contributed by atoms with van der Waals surface area (Å²) < 4.78 is 28.7. The van der Waals surface area contributed by atoms with E-state index < -0.39 is 10.0 Å². The third-order valence-electron chi connectivity index (χ3n) is 3.43. The molecule has 21 heavy (non-hydrogen) atoms. The Hall–Kier alpha value is -1.75. The molecule has 0 saturated heterocycles. The molecule has 0 amide bonds. The molecule has 4 nitrogen and oxygen atoms in total. The molecule has 0 unspecified atom stereocenters. The van der Waals surface area contributed by atoms with E-state index in [0.717, 1.165) is 12.0 Å². The molecule has 1 aromatic carbocycles. The van der Waals surface area contributed by atoms with Gasteiger partial charge in [0, 0.05) is 13.2 Å². The average Bonchev–Trinajstić information content (AvgIpc) is 2.89. The van der Waals surface area contributed by atoms with Crippen LogP contribution in [0.15, 0.2) is 48.7 Å². The second kappa shape index (κ2) is 6.80. The molecule has 1 heterocycles. The predicted molar refractivity (Wildman–Crippen MR) is 86.7 cm³/mol. The van der Waals surface area contributed by atoms with Gasteiger partial charge in [0.05, 0.1) is 12.3 Å². The van der Waals surface area contributed by atoms with Gasteiger partial charge in [-0.3, -0.25) is 4.31 Å². The van der Waals surface area contributed by atoms with Crippen LogP contribution in [0.25, 0.3) is 0 Å². The van der Waals surface area contributed by atoms with E-state index in [1.807, 2.05) is 67.2 Å². The van der Waals surface area contributed by atoms with Gasteiger partial charge in [0.2, 0.25) is 10.0 Å². The van der Waals surface area contributed by atoms with Gasteiger partial charge < -0.3 is 4.57 Å². The number of rotatable bonds is 7. The van der Waals surface area contributed by atoms with Crippen LogP contribution >= 0.6 is 0 Å². The first-order valence-corrected chi connectivity index (χ1v) is 8.81. The quantitative estimate of drug-likeness (QED) is 0.788. The van der Waals surface area contributed by atoms with Crippen LogP contribution in [0.5, 0.6) is 0 Å². The fourth-order valence-corrected chi connectivity index (χ4v) is 3.91. The van der Waals surface area contributed by atoms with Crippen molar-refractivity contribution < 1.29 is 8.42 Å². The summed E-state index contributed by atoms with van der Waals surface area (Å²) in [5, 5.41) is 0. The standard InChI is InChI=1S/C16H22N2O2S/c1-3-4-13-21(19,20)18(16-11-8-12-17(16)2)14-15-9-6-5-7-10-15/h5-12H,3-4,13-14H2,1-2H3. The summed E-state index contributed by atoms with van der Waals surface area (Å²) in [5.74, 6) is 0.886. The molecule has 114 valence electrons. The lowest BCUT2D eigenvalue weighted by atomic mass is 10.2. The first kappa shape index (κ1) is 15.6. The fraction of sp³-hybridized carbons (Fsp3) is 0.375. The minimum atomic E-state index is -3.32. The Balaban J connectivity index is 2.33. The van der Waals surface area contributed by atoms with E-state index in [4.69, 9.17) is 0 Å². The summed E-state index contributed by atoms with van der Waals surface area (Å²) >= 11 is 0. The maximum absolute atomic E-state index is 12.7. The second-order valence-electron chi connectivity index (χ2n) is 5.14. The molecule has 1 aromatic heterocycles. The summed E-state index contributed by atoms with van der Waals surface area (Å²) in [4.78, 5) is 0. The Morgan fingerprint density at radius 2 is 1.81 bits per heavy atom. The largest absolute Gasteiger partial charge is 0.337 e. The average molecular weight is 306 g/mol. The molecule has 0 aliphatic heterocycles. The molecule has 0 aliphatic rings. The van der Waals surface area contributed by atoms with Crippen molar-refractivity contribution in [1.29, 1.82) is 0 Å². The van der Waals surface area contributed by atoms with Gasteiger partial charge in [-0.05, 0) is 24.1 Å². The van der Waals surface area contributed by atoms with Crippen molar-refractivity contribution in [2.75, 3.05) is 10.1 Å². The van der Waals surface area contributed by atoms with Crippen LogP contribution < -0.4 is 4.31 Å². The number of sulfonamides is 1. The maximum Gasteiger partial charge on any atom is 0.236 e. The van der Waals surface area contributed by atoms with Gasteiger partial charge >= 0.3 is 0 Å². The summed E-state index contributed by atoms with van der Waals surface area (Å²) in [6.07, 6.45) is 3.41. The lowest BCUT2D eigenvalue weighted by Gasteiger charge is -2.25. The Morgan fingerprint density at radius 1 is 1.10 bits per heavy atom. The maximum atomic E-state index is 12.7. The van der Waals surface area contributed by atoms with Crippen molar-refractivity contribution in [2.24, 2.45) is 7.05 Å². The molecule has 5 heteroatoms. The summed E-state index contributed by atoms with van der Waals surface area (Å²) in [5.41, 5.74) is 0.985. The second-order valence-corrected chi connectivity index (χ2v) is 7.15. The summed E-state index contributed by atoms with van der Waals surface area (Å²) in [6.45, 7) is 2.37. The fourth-order valence-electron chi connectivity index (χ4n) is 2.22. The molecule has 0 radical (unpaired) electrons. The highest BCUT2D eigenvalue weighted by Crippen LogP contribution is 2.22. The van der Waals surface area contributed by atoms with Crippen molar-refractivity contribution >= 4 is 15.8 Å². The molecule has 2 aromatic rings. The zero-order valence-corrected chi connectivity index (χ0v) is 13.4. The topological polar surface area (TPSA) is 42.3 Å². The van der Waals surface area contributed by atoms with Crippen LogP contribution in [-0.2, 0) is 23.6 Å². The molecule has 0 aliphatic carbocycles. The van der Waals surface area contributed by atoms with Gasteiger partial charge in [0.1, 0.15) is 5.82 Å². The minimum Gasteiger partial charge on any atom is -0.337 e. The molecule has 0 spiro atoms. The van der Waals surface area contributed by atoms with E-state index >= 15 is 0 Å².